The van der Waals surface area contributed by atoms with Crippen molar-refractivity contribution in [1.29, 1.82) is 0 Å². The molecule has 1 heterocycles. The Labute approximate surface area is 123 Å². The van der Waals surface area contributed by atoms with Gasteiger partial charge in [0.25, 0.3) is 5.69 Å². The number of nitro benzene ring substituents is 1. The fourth-order valence-corrected chi connectivity index (χ4v) is 3.03. The smallest absolute Gasteiger partial charge is 0.295 e. The molecule has 1 aliphatic heterocycles. The molecule has 1 aromatic carbocycles. The maximum absolute atomic E-state index is 13.3. The van der Waals surface area contributed by atoms with Crippen LogP contribution in [0, 0.1) is 15.9 Å². The normalized spacial score (nSPS) is 22.0. The number of nitro groups is 1. The number of halogens is 1. The van der Waals surface area contributed by atoms with Crippen LogP contribution in [0.3, 0.4) is 0 Å². The van der Waals surface area contributed by atoms with Crippen molar-refractivity contribution in [3.05, 3.63) is 34.1 Å². The van der Waals surface area contributed by atoms with E-state index in [0.717, 1.165) is 38.4 Å². The van der Waals surface area contributed by atoms with E-state index in [1.165, 1.54) is 18.9 Å². The van der Waals surface area contributed by atoms with Gasteiger partial charge in [-0.2, -0.15) is 0 Å². The minimum absolute atomic E-state index is 0.127. The molecule has 6 heteroatoms. The Morgan fingerprint density at radius 3 is 2.76 bits per heavy atom. The Hall–Kier alpha value is -1.69. The van der Waals surface area contributed by atoms with Crippen molar-refractivity contribution in [2.75, 3.05) is 18.0 Å². The van der Waals surface area contributed by atoms with E-state index in [4.69, 9.17) is 0 Å². The minimum Gasteiger partial charge on any atom is -0.361 e. The molecule has 1 unspecified atom stereocenters. The summed E-state index contributed by atoms with van der Waals surface area (Å²) in [6.07, 6.45) is 5.60. The van der Waals surface area contributed by atoms with Crippen molar-refractivity contribution in [3.8, 4) is 0 Å². The Morgan fingerprint density at radius 2 is 2.14 bits per heavy atom. The van der Waals surface area contributed by atoms with E-state index in [2.05, 4.69) is 10.2 Å². The zero-order valence-corrected chi connectivity index (χ0v) is 11.9. The number of hydrogen-bond donors (Lipinski definition) is 1. The van der Waals surface area contributed by atoms with E-state index in [-0.39, 0.29) is 5.69 Å². The molecule has 0 bridgehead atoms. The van der Waals surface area contributed by atoms with E-state index >= 15 is 0 Å². The highest BCUT2D eigenvalue weighted by atomic mass is 19.1. The lowest BCUT2D eigenvalue weighted by atomic mass is 10.0. The van der Waals surface area contributed by atoms with Crippen LogP contribution in [0.1, 0.15) is 32.1 Å². The highest BCUT2D eigenvalue weighted by Gasteiger charge is 2.34. The van der Waals surface area contributed by atoms with Gasteiger partial charge < -0.3 is 10.2 Å². The van der Waals surface area contributed by atoms with Gasteiger partial charge in [0.15, 0.2) is 0 Å². The molecule has 5 nitrogen and oxygen atoms in total. The van der Waals surface area contributed by atoms with Crippen LogP contribution in [-0.2, 0) is 0 Å². The zero-order chi connectivity index (χ0) is 14.8. The summed E-state index contributed by atoms with van der Waals surface area (Å²) in [5.74, 6) is -0.558. The number of benzene rings is 1. The van der Waals surface area contributed by atoms with E-state index in [9.17, 15) is 14.5 Å². The van der Waals surface area contributed by atoms with Crippen LogP contribution < -0.4 is 10.2 Å². The van der Waals surface area contributed by atoms with Crippen molar-refractivity contribution in [2.24, 2.45) is 0 Å². The summed E-state index contributed by atoms with van der Waals surface area (Å²) in [5, 5.41) is 14.7. The summed E-state index contributed by atoms with van der Waals surface area (Å²) in [6.45, 7) is 1.77. The number of piperidine rings is 1. The summed E-state index contributed by atoms with van der Waals surface area (Å²) >= 11 is 0. The molecule has 114 valence electrons. The summed E-state index contributed by atoms with van der Waals surface area (Å²) in [4.78, 5) is 12.8. The monoisotopic (exact) mass is 293 g/mol. The van der Waals surface area contributed by atoms with Gasteiger partial charge in [-0.3, -0.25) is 10.1 Å². The van der Waals surface area contributed by atoms with Gasteiger partial charge in [0.1, 0.15) is 11.5 Å². The Morgan fingerprint density at radius 1 is 1.33 bits per heavy atom. The standard InChI is InChI=1S/C15H20FN3O2/c16-11-4-7-14(15(9-11)19(20)21)18(13-5-6-13)10-12-3-1-2-8-17-12/h4,7,9,12-13,17H,1-3,5-6,8,10H2. The number of rotatable bonds is 5. The SMILES string of the molecule is O=[N+]([O-])c1cc(F)ccc1N(CC1CCCCN1)C1CC1. The molecule has 1 atom stereocenters. The summed E-state index contributed by atoms with van der Waals surface area (Å²) in [5.41, 5.74) is 0.425. The maximum Gasteiger partial charge on any atom is 0.295 e. The Bertz CT molecular complexity index is 528. The molecule has 1 saturated carbocycles. The van der Waals surface area contributed by atoms with Crippen LogP contribution in [-0.4, -0.2) is 30.1 Å². The van der Waals surface area contributed by atoms with E-state index in [1.807, 2.05) is 0 Å². The van der Waals surface area contributed by atoms with E-state index < -0.39 is 10.7 Å². The average molecular weight is 293 g/mol. The zero-order valence-electron chi connectivity index (χ0n) is 11.9. The molecular formula is C15H20FN3O2. The van der Waals surface area contributed by atoms with Gasteiger partial charge in [0, 0.05) is 18.6 Å². The summed E-state index contributed by atoms with van der Waals surface area (Å²) in [7, 11) is 0. The largest absolute Gasteiger partial charge is 0.361 e. The van der Waals surface area contributed by atoms with Crippen LogP contribution >= 0.6 is 0 Å². The number of anilines is 1. The molecule has 1 aromatic rings. The predicted octanol–water partition coefficient (Wildman–Crippen LogP) is 2.84. The van der Waals surface area contributed by atoms with Crippen LogP contribution in [0.2, 0.25) is 0 Å². The van der Waals surface area contributed by atoms with Crippen molar-refractivity contribution >= 4 is 11.4 Å². The van der Waals surface area contributed by atoms with Crippen molar-refractivity contribution in [3.63, 3.8) is 0 Å². The summed E-state index contributed by atoms with van der Waals surface area (Å²) < 4.78 is 13.3. The predicted molar refractivity (Wildman–Crippen MR) is 79.1 cm³/mol. The van der Waals surface area contributed by atoms with Gasteiger partial charge in [-0.05, 0) is 44.4 Å². The fourth-order valence-electron chi connectivity index (χ4n) is 3.03. The minimum atomic E-state index is -0.558. The molecule has 0 spiro atoms. The lowest BCUT2D eigenvalue weighted by Crippen LogP contribution is -2.44. The molecule has 0 amide bonds. The molecule has 2 aliphatic rings. The average Bonchev–Trinajstić information content (AvgIpc) is 3.31. The third-order valence-corrected chi connectivity index (χ3v) is 4.26. The second-order valence-electron chi connectivity index (χ2n) is 5.92. The number of hydrogen-bond acceptors (Lipinski definition) is 4. The number of nitrogens with one attached hydrogen (secondary N) is 1. The first-order chi connectivity index (χ1) is 10.1. The van der Waals surface area contributed by atoms with Gasteiger partial charge in [-0.25, -0.2) is 4.39 Å². The molecule has 21 heavy (non-hydrogen) atoms. The lowest BCUT2D eigenvalue weighted by Gasteiger charge is -2.32. The van der Waals surface area contributed by atoms with E-state index in [1.54, 1.807) is 6.07 Å². The van der Waals surface area contributed by atoms with Gasteiger partial charge in [-0.1, -0.05) is 6.42 Å². The Balaban J connectivity index is 1.85. The molecule has 0 radical (unpaired) electrons. The first-order valence-electron chi connectivity index (χ1n) is 7.59. The van der Waals surface area contributed by atoms with Crippen LogP contribution in [0.5, 0.6) is 0 Å². The van der Waals surface area contributed by atoms with Crippen LogP contribution in [0.25, 0.3) is 0 Å². The topological polar surface area (TPSA) is 58.4 Å². The molecule has 0 aromatic heterocycles. The van der Waals surface area contributed by atoms with Gasteiger partial charge in [-0.15, -0.1) is 0 Å². The highest BCUT2D eigenvalue weighted by Crippen LogP contribution is 2.37. The first kappa shape index (κ1) is 14.3. The lowest BCUT2D eigenvalue weighted by molar-refractivity contribution is -0.384. The van der Waals surface area contributed by atoms with Crippen LogP contribution in [0.4, 0.5) is 15.8 Å². The summed E-state index contributed by atoms with van der Waals surface area (Å²) in [6, 6.07) is 4.61. The maximum atomic E-state index is 13.3. The van der Waals surface area contributed by atoms with Gasteiger partial charge in [0.05, 0.1) is 11.0 Å². The van der Waals surface area contributed by atoms with E-state index in [0.29, 0.717) is 17.8 Å². The van der Waals surface area contributed by atoms with Crippen molar-refractivity contribution in [2.45, 2.75) is 44.2 Å². The fraction of sp³-hybridized carbons (Fsp3) is 0.600. The second-order valence-corrected chi connectivity index (χ2v) is 5.92. The first-order valence-corrected chi connectivity index (χ1v) is 7.59. The molecule has 1 aliphatic carbocycles. The molecular weight excluding hydrogens is 273 g/mol. The van der Waals surface area contributed by atoms with Crippen molar-refractivity contribution in [1.82, 2.24) is 5.32 Å². The molecule has 1 N–H and O–H groups in total. The van der Waals surface area contributed by atoms with Gasteiger partial charge in [0.2, 0.25) is 0 Å². The third kappa shape index (κ3) is 3.32. The number of nitrogens with zero attached hydrogens (tertiary/aromatic N) is 2. The van der Waals surface area contributed by atoms with Gasteiger partial charge >= 0.3 is 0 Å². The molecule has 2 fully saturated rings. The van der Waals surface area contributed by atoms with Crippen molar-refractivity contribution < 1.29 is 9.31 Å². The van der Waals surface area contributed by atoms with Crippen LogP contribution in [0.15, 0.2) is 18.2 Å². The quantitative estimate of drug-likeness (QED) is 0.670. The molecule has 1 saturated heterocycles. The highest BCUT2D eigenvalue weighted by molar-refractivity contribution is 5.64. The second kappa shape index (κ2) is 5.97. The third-order valence-electron chi connectivity index (χ3n) is 4.26. The molecule has 3 rings (SSSR count). The Kier molecular flexibility index (Phi) is 4.05.